The van der Waals surface area contributed by atoms with Crippen LogP contribution in [0.3, 0.4) is 0 Å². The summed E-state index contributed by atoms with van der Waals surface area (Å²) in [4.78, 5) is 15.6. The average Bonchev–Trinajstić information content (AvgIpc) is 2.91. The van der Waals surface area contributed by atoms with Crippen molar-refractivity contribution in [2.45, 2.75) is 53.4 Å². The zero-order valence-electron chi connectivity index (χ0n) is 20.6. The van der Waals surface area contributed by atoms with Crippen LogP contribution in [0.5, 0.6) is 0 Å². The van der Waals surface area contributed by atoms with E-state index in [0.717, 1.165) is 25.7 Å². The topological polar surface area (TPSA) is 51.6 Å². The van der Waals surface area contributed by atoms with E-state index in [1.165, 1.54) is 22.3 Å². The molecule has 0 aliphatic carbocycles. The van der Waals surface area contributed by atoms with Gasteiger partial charge in [-0.3, -0.25) is 19.9 Å². The second kappa shape index (κ2) is 21.1. The first-order valence-corrected chi connectivity index (χ1v) is 11.3. The minimum atomic E-state index is 0. The molecular weight excluding hydrogens is 458 g/mol. The summed E-state index contributed by atoms with van der Waals surface area (Å²) in [6.45, 7) is 8.54. The Hall–Kier alpha value is -2.78. The normalized spacial score (nSPS) is 8.85. The molecule has 0 aliphatic heterocycles. The van der Waals surface area contributed by atoms with Gasteiger partial charge in [-0.2, -0.15) is 0 Å². The van der Waals surface area contributed by atoms with E-state index >= 15 is 0 Å². The van der Waals surface area contributed by atoms with Gasteiger partial charge in [-0.1, -0.05) is 27.7 Å². The van der Waals surface area contributed by atoms with Crippen LogP contribution in [-0.4, -0.2) is 19.9 Å². The Morgan fingerprint density at radius 2 is 0.515 bits per heavy atom. The van der Waals surface area contributed by atoms with Gasteiger partial charge in [-0.15, -0.1) is 0 Å². The number of hydrogen-bond donors (Lipinski definition) is 0. The third kappa shape index (κ3) is 15.6. The van der Waals surface area contributed by atoms with Crippen LogP contribution in [0.25, 0.3) is 0 Å². The molecule has 168 valence electrons. The van der Waals surface area contributed by atoms with Crippen molar-refractivity contribution in [3.8, 4) is 0 Å². The van der Waals surface area contributed by atoms with Gasteiger partial charge < -0.3 is 0 Å². The summed E-state index contributed by atoms with van der Waals surface area (Å²) >= 11 is 0. The van der Waals surface area contributed by atoms with Gasteiger partial charge in [-0.05, 0) is 96.5 Å². The molecule has 4 nitrogen and oxygen atoms in total. The van der Waals surface area contributed by atoms with Gasteiger partial charge in [0, 0.05) is 49.6 Å². The van der Waals surface area contributed by atoms with E-state index in [1.807, 2.05) is 98.1 Å². The van der Waals surface area contributed by atoms with E-state index in [9.17, 15) is 0 Å². The van der Waals surface area contributed by atoms with Crippen LogP contribution < -0.4 is 0 Å². The quantitative estimate of drug-likeness (QED) is 0.301. The molecule has 0 saturated carbocycles. The number of hydrogen-bond acceptors (Lipinski definition) is 4. The first-order chi connectivity index (χ1) is 15.7. The minimum absolute atomic E-state index is 0. The molecule has 4 rings (SSSR count). The van der Waals surface area contributed by atoms with E-state index in [0.29, 0.717) is 0 Å². The van der Waals surface area contributed by atoms with Crippen LogP contribution in [-0.2, 0) is 45.2 Å². The third-order valence-corrected chi connectivity index (χ3v) is 4.63. The molecule has 0 saturated heterocycles. The Labute approximate surface area is 212 Å². The monoisotopic (exact) mass is 492 g/mol. The van der Waals surface area contributed by atoms with Crippen molar-refractivity contribution in [3.63, 3.8) is 0 Å². The fourth-order valence-corrected chi connectivity index (χ4v) is 2.47. The Kier molecular flexibility index (Phi) is 19.3. The summed E-state index contributed by atoms with van der Waals surface area (Å²) in [5, 5.41) is 0. The SMILES string of the molecule is CCc1ccncc1.CCc1ccncc1.CCc1ccncc1.CCc1ccncc1.[Zn+2]. The maximum Gasteiger partial charge on any atom is 2.00 e. The molecule has 33 heavy (non-hydrogen) atoms. The van der Waals surface area contributed by atoms with Crippen LogP contribution in [0.1, 0.15) is 49.9 Å². The van der Waals surface area contributed by atoms with E-state index < -0.39 is 0 Å². The van der Waals surface area contributed by atoms with Gasteiger partial charge in [0.25, 0.3) is 0 Å². The van der Waals surface area contributed by atoms with Crippen LogP contribution in [0.2, 0.25) is 0 Å². The maximum absolute atomic E-state index is 3.89. The van der Waals surface area contributed by atoms with Crippen molar-refractivity contribution in [1.82, 2.24) is 19.9 Å². The molecule has 0 fully saturated rings. The maximum atomic E-state index is 3.89. The van der Waals surface area contributed by atoms with Crippen molar-refractivity contribution in [2.75, 3.05) is 0 Å². The Morgan fingerprint density at radius 1 is 0.364 bits per heavy atom. The summed E-state index contributed by atoms with van der Waals surface area (Å²) in [6.07, 6.45) is 18.9. The predicted molar refractivity (Wildman–Crippen MR) is 134 cm³/mol. The van der Waals surface area contributed by atoms with Crippen molar-refractivity contribution in [2.24, 2.45) is 0 Å². The molecule has 0 bridgehead atoms. The minimum Gasteiger partial charge on any atom is -0.265 e. The number of aromatic nitrogens is 4. The Bertz CT molecular complexity index is 747. The molecule has 4 aromatic heterocycles. The smallest absolute Gasteiger partial charge is 0.265 e. The molecule has 5 heteroatoms. The molecule has 0 radical (unpaired) electrons. The van der Waals surface area contributed by atoms with Gasteiger partial charge in [0.2, 0.25) is 0 Å². The van der Waals surface area contributed by atoms with Gasteiger partial charge in [0.15, 0.2) is 0 Å². The first-order valence-electron chi connectivity index (χ1n) is 11.3. The van der Waals surface area contributed by atoms with Crippen LogP contribution in [0, 0.1) is 0 Å². The predicted octanol–water partition coefficient (Wildman–Crippen LogP) is 6.57. The molecule has 0 aliphatic rings. The fraction of sp³-hybridized carbons (Fsp3) is 0.286. The van der Waals surface area contributed by atoms with Crippen LogP contribution >= 0.6 is 0 Å². The zero-order chi connectivity index (χ0) is 23.3. The van der Waals surface area contributed by atoms with Gasteiger partial charge in [0.05, 0.1) is 0 Å². The summed E-state index contributed by atoms with van der Waals surface area (Å²) in [6, 6.07) is 16.2. The van der Waals surface area contributed by atoms with Gasteiger partial charge in [0.1, 0.15) is 0 Å². The van der Waals surface area contributed by atoms with Gasteiger partial charge in [-0.25, -0.2) is 0 Å². The third-order valence-electron chi connectivity index (χ3n) is 4.63. The molecular formula is C28H36N4Zn+2. The van der Waals surface area contributed by atoms with E-state index in [2.05, 4.69) is 47.6 Å². The molecule has 4 heterocycles. The standard InChI is InChI=1S/4C7H9N.Zn/c4*1-2-7-3-5-8-6-4-7;/h4*3-6H,2H2,1H3;/q;;;;+2. The first kappa shape index (κ1) is 30.2. The summed E-state index contributed by atoms with van der Waals surface area (Å²) in [5.41, 5.74) is 5.39. The van der Waals surface area contributed by atoms with Crippen molar-refractivity contribution >= 4 is 0 Å². The molecule has 0 unspecified atom stereocenters. The molecule has 0 spiro atoms. The Balaban J connectivity index is 0.000000410. The van der Waals surface area contributed by atoms with Gasteiger partial charge >= 0.3 is 19.5 Å². The number of rotatable bonds is 4. The average molecular weight is 494 g/mol. The summed E-state index contributed by atoms with van der Waals surface area (Å²) < 4.78 is 0. The molecule has 0 amide bonds. The number of nitrogens with zero attached hydrogens (tertiary/aromatic N) is 4. The summed E-state index contributed by atoms with van der Waals surface area (Å²) in [7, 11) is 0. The molecule has 4 aromatic rings. The molecule has 0 aromatic carbocycles. The molecule has 0 N–H and O–H groups in total. The van der Waals surface area contributed by atoms with Crippen molar-refractivity contribution in [3.05, 3.63) is 120 Å². The fourth-order valence-electron chi connectivity index (χ4n) is 2.47. The number of aryl methyl sites for hydroxylation is 4. The van der Waals surface area contributed by atoms with E-state index in [4.69, 9.17) is 0 Å². The number of pyridine rings is 4. The Morgan fingerprint density at radius 3 is 0.606 bits per heavy atom. The van der Waals surface area contributed by atoms with E-state index in [-0.39, 0.29) is 19.5 Å². The van der Waals surface area contributed by atoms with Crippen molar-refractivity contribution < 1.29 is 19.5 Å². The largest absolute Gasteiger partial charge is 2.00 e. The van der Waals surface area contributed by atoms with E-state index in [1.54, 1.807) is 0 Å². The molecule has 0 atom stereocenters. The summed E-state index contributed by atoms with van der Waals surface area (Å²) in [5.74, 6) is 0. The van der Waals surface area contributed by atoms with Crippen molar-refractivity contribution in [1.29, 1.82) is 0 Å². The second-order valence-electron chi connectivity index (χ2n) is 6.84. The second-order valence-corrected chi connectivity index (χ2v) is 6.84. The van der Waals surface area contributed by atoms with Crippen LogP contribution in [0.4, 0.5) is 0 Å². The van der Waals surface area contributed by atoms with Crippen LogP contribution in [0.15, 0.2) is 98.1 Å². The zero-order valence-corrected chi connectivity index (χ0v) is 23.5.